The highest BCUT2D eigenvalue weighted by atomic mass is 79.9. The van der Waals surface area contributed by atoms with Crippen LogP contribution in [0, 0.1) is 16.7 Å². The molecule has 0 saturated heterocycles. The summed E-state index contributed by atoms with van der Waals surface area (Å²) in [5.74, 6) is 0.376. The molecule has 3 rings (SSSR count). The van der Waals surface area contributed by atoms with Crippen molar-refractivity contribution in [2.45, 2.75) is 33.6 Å². The summed E-state index contributed by atoms with van der Waals surface area (Å²) in [5, 5.41) is 7.80. The summed E-state index contributed by atoms with van der Waals surface area (Å²) in [4.78, 5) is 12.7. The highest BCUT2D eigenvalue weighted by Gasteiger charge is 2.65. The van der Waals surface area contributed by atoms with Crippen LogP contribution in [0.5, 0.6) is 0 Å². The first kappa shape index (κ1) is 16.6. The van der Waals surface area contributed by atoms with E-state index in [-0.39, 0.29) is 22.5 Å². The van der Waals surface area contributed by atoms with Gasteiger partial charge in [0.15, 0.2) is 10.9 Å². The molecule has 0 heterocycles. The topological polar surface area (TPSA) is 53.5 Å². The second-order valence-corrected chi connectivity index (χ2v) is 8.37. The van der Waals surface area contributed by atoms with E-state index in [9.17, 15) is 4.79 Å². The average molecular weight is 394 g/mol. The zero-order valence-corrected chi connectivity index (χ0v) is 15.8. The van der Waals surface area contributed by atoms with Crippen molar-refractivity contribution >= 4 is 50.4 Å². The number of hydrazone groups is 1. The molecular weight excluding hydrogens is 374 g/mol. The van der Waals surface area contributed by atoms with E-state index >= 15 is 0 Å². The predicted octanol–water partition coefficient (Wildman–Crippen LogP) is 4.12. The monoisotopic (exact) mass is 393 g/mol. The number of thiocarbonyl (C=S) groups is 1. The Morgan fingerprint density at radius 1 is 1.30 bits per heavy atom. The van der Waals surface area contributed by atoms with Gasteiger partial charge < -0.3 is 5.32 Å². The van der Waals surface area contributed by atoms with Crippen LogP contribution < -0.4 is 10.7 Å². The van der Waals surface area contributed by atoms with Crippen molar-refractivity contribution in [2.24, 2.45) is 21.8 Å². The molecule has 1 aromatic carbocycles. The van der Waals surface area contributed by atoms with Gasteiger partial charge in [-0.1, -0.05) is 36.7 Å². The van der Waals surface area contributed by atoms with Crippen LogP contribution >= 0.6 is 28.1 Å². The summed E-state index contributed by atoms with van der Waals surface area (Å²) >= 11 is 8.65. The minimum Gasteiger partial charge on any atom is -0.331 e. The van der Waals surface area contributed by atoms with E-state index in [1.807, 2.05) is 24.3 Å². The lowest BCUT2D eigenvalue weighted by Gasteiger charge is -2.31. The van der Waals surface area contributed by atoms with Crippen LogP contribution in [0.25, 0.3) is 0 Å². The molecule has 2 aliphatic carbocycles. The number of fused-ring (bicyclic) bond motifs is 2. The van der Waals surface area contributed by atoms with Crippen molar-refractivity contribution < 1.29 is 4.79 Å². The molecule has 0 amide bonds. The fraction of sp³-hybridized carbons (Fsp3) is 0.471. The van der Waals surface area contributed by atoms with Gasteiger partial charge in [-0.2, -0.15) is 5.10 Å². The quantitative estimate of drug-likeness (QED) is 0.586. The number of benzene rings is 1. The molecule has 2 saturated carbocycles. The van der Waals surface area contributed by atoms with Crippen molar-refractivity contribution in [1.29, 1.82) is 0 Å². The van der Waals surface area contributed by atoms with Crippen molar-refractivity contribution in [3.63, 3.8) is 0 Å². The minimum atomic E-state index is -0.293. The number of hydrogen-bond acceptors (Lipinski definition) is 3. The molecule has 0 spiro atoms. The number of rotatable bonds is 2. The summed E-state index contributed by atoms with van der Waals surface area (Å²) in [6, 6.07) is 7.69. The highest BCUT2D eigenvalue weighted by molar-refractivity contribution is 9.10. The van der Waals surface area contributed by atoms with Crippen molar-refractivity contribution in [1.82, 2.24) is 5.43 Å². The van der Waals surface area contributed by atoms with Gasteiger partial charge in [0.05, 0.1) is 0 Å². The predicted molar refractivity (Wildman–Crippen MR) is 101 cm³/mol. The molecular formula is C17H20BrN3OS. The zero-order valence-electron chi connectivity index (χ0n) is 13.4. The maximum absolute atomic E-state index is 12.7. The summed E-state index contributed by atoms with van der Waals surface area (Å²) in [7, 11) is 0. The highest BCUT2D eigenvalue weighted by Crippen LogP contribution is 2.62. The Kier molecular flexibility index (Phi) is 4.09. The molecule has 0 aromatic heterocycles. The van der Waals surface area contributed by atoms with Gasteiger partial charge in [0.1, 0.15) is 5.71 Å². The van der Waals surface area contributed by atoms with Gasteiger partial charge in [-0.25, -0.2) is 0 Å². The molecule has 0 radical (unpaired) electrons. The van der Waals surface area contributed by atoms with Gasteiger partial charge in [0.25, 0.3) is 0 Å². The zero-order chi connectivity index (χ0) is 16.8. The van der Waals surface area contributed by atoms with Gasteiger partial charge in [-0.15, -0.1) is 0 Å². The Balaban J connectivity index is 1.70. The Morgan fingerprint density at radius 3 is 2.52 bits per heavy atom. The van der Waals surface area contributed by atoms with E-state index < -0.39 is 0 Å². The molecule has 2 fully saturated rings. The number of halogens is 1. The van der Waals surface area contributed by atoms with Crippen LogP contribution in [0.2, 0.25) is 0 Å². The lowest BCUT2D eigenvalue weighted by molar-refractivity contribution is -0.123. The molecule has 0 unspecified atom stereocenters. The first-order valence-electron chi connectivity index (χ1n) is 7.70. The van der Waals surface area contributed by atoms with Gasteiger partial charge >= 0.3 is 0 Å². The maximum atomic E-state index is 12.7. The Bertz CT molecular complexity index is 698. The first-order chi connectivity index (χ1) is 10.8. The van der Waals surface area contributed by atoms with Gasteiger partial charge in [-0.3, -0.25) is 10.2 Å². The lowest BCUT2D eigenvalue weighted by atomic mass is 9.70. The lowest BCUT2D eigenvalue weighted by Crippen LogP contribution is -2.34. The van der Waals surface area contributed by atoms with E-state index in [1.54, 1.807) is 0 Å². The van der Waals surface area contributed by atoms with Gasteiger partial charge in [-0.05, 0) is 54.7 Å². The van der Waals surface area contributed by atoms with E-state index in [0.717, 1.165) is 23.0 Å². The van der Waals surface area contributed by atoms with Gasteiger partial charge in [0.2, 0.25) is 0 Å². The van der Waals surface area contributed by atoms with Crippen LogP contribution in [0.15, 0.2) is 33.8 Å². The van der Waals surface area contributed by atoms with Crippen molar-refractivity contribution in [3.05, 3.63) is 28.7 Å². The van der Waals surface area contributed by atoms with Crippen molar-refractivity contribution in [3.8, 4) is 0 Å². The molecule has 2 bridgehead atoms. The number of nitrogens with zero attached hydrogens (tertiary/aromatic N) is 1. The Hall–Kier alpha value is -1.27. The van der Waals surface area contributed by atoms with Crippen LogP contribution in [-0.2, 0) is 4.79 Å². The van der Waals surface area contributed by atoms with Gasteiger partial charge in [0, 0.05) is 21.5 Å². The second-order valence-electron chi connectivity index (χ2n) is 7.04. The molecule has 2 aliphatic rings. The third-order valence-corrected chi connectivity index (χ3v) is 6.39. The SMILES string of the molecule is CC1(C)[C@@H]2CC[C@@]1(C)C(=O)/C2=N\NC(=S)Nc1ccc(Br)cc1. The molecule has 122 valence electrons. The van der Waals surface area contributed by atoms with Crippen LogP contribution in [0.4, 0.5) is 5.69 Å². The molecule has 6 heteroatoms. The first-order valence-corrected chi connectivity index (χ1v) is 8.91. The standard InChI is InChI=1S/C17H20BrN3OS/c1-16(2)12-8-9-17(16,3)14(22)13(12)20-21-15(23)19-11-6-4-10(18)5-7-11/h4-7,12H,8-9H2,1-3H3,(H2,19,21,23)/b20-13-/t12-,17+/m1/s1. The number of hydrogen-bond donors (Lipinski definition) is 2. The minimum absolute atomic E-state index is 0.0364. The molecule has 2 N–H and O–H groups in total. The fourth-order valence-corrected chi connectivity index (χ4v) is 4.19. The van der Waals surface area contributed by atoms with E-state index in [1.165, 1.54) is 0 Å². The Labute approximate surface area is 150 Å². The average Bonchev–Trinajstić information content (AvgIpc) is 2.80. The fourth-order valence-electron chi connectivity index (χ4n) is 3.76. The largest absolute Gasteiger partial charge is 0.331 e. The molecule has 23 heavy (non-hydrogen) atoms. The number of carbonyl (C=O) groups excluding carboxylic acids is 1. The summed E-state index contributed by atoms with van der Waals surface area (Å²) < 4.78 is 1.00. The number of anilines is 1. The molecule has 4 nitrogen and oxygen atoms in total. The second kappa shape index (κ2) is 5.67. The summed E-state index contributed by atoms with van der Waals surface area (Å²) in [6.45, 7) is 6.41. The number of nitrogens with one attached hydrogen (secondary N) is 2. The van der Waals surface area contributed by atoms with Crippen LogP contribution in [-0.4, -0.2) is 16.6 Å². The third-order valence-electron chi connectivity index (χ3n) is 5.67. The molecule has 1 aromatic rings. The summed E-state index contributed by atoms with van der Waals surface area (Å²) in [5.41, 5.74) is 4.02. The molecule has 2 atom stereocenters. The smallest absolute Gasteiger partial charge is 0.191 e. The third kappa shape index (κ3) is 2.62. The Morgan fingerprint density at radius 2 is 1.96 bits per heavy atom. The molecule has 0 aliphatic heterocycles. The number of carbonyl (C=O) groups is 1. The summed E-state index contributed by atoms with van der Waals surface area (Å²) in [6.07, 6.45) is 1.97. The number of Topliss-reactive ketones (excluding diaryl/α,β-unsaturated/α-hetero) is 1. The van der Waals surface area contributed by atoms with Crippen LogP contribution in [0.1, 0.15) is 33.6 Å². The van der Waals surface area contributed by atoms with E-state index in [0.29, 0.717) is 10.8 Å². The van der Waals surface area contributed by atoms with E-state index in [2.05, 4.69) is 52.5 Å². The van der Waals surface area contributed by atoms with Crippen LogP contribution in [0.3, 0.4) is 0 Å². The number of ketones is 1. The van der Waals surface area contributed by atoms with E-state index in [4.69, 9.17) is 12.2 Å². The normalized spacial score (nSPS) is 29.8. The van der Waals surface area contributed by atoms with Crippen molar-refractivity contribution in [2.75, 3.05) is 5.32 Å². The maximum Gasteiger partial charge on any atom is 0.191 e.